The highest BCUT2D eigenvalue weighted by molar-refractivity contribution is 6.01. The molecule has 0 spiro atoms. The zero-order valence-electron chi connectivity index (χ0n) is 23.8. The van der Waals surface area contributed by atoms with Crippen molar-refractivity contribution in [3.63, 3.8) is 0 Å². The molecule has 9 nitrogen and oxygen atoms in total. The lowest BCUT2D eigenvalue weighted by Crippen LogP contribution is -2.43. The third kappa shape index (κ3) is 7.05. The number of ether oxygens (including phenoxy) is 5. The molecule has 3 aromatic carbocycles. The van der Waals surface area contributed by atoms with Crippen molar-refractivity contribution in [1.82, 2.24) is 4.90 Å². The fourth-order valence-electron chi connectivity index (χ4n) is 4.95. The Bertz CT molecular complexity index is 1350. The lowest BCUT2D eigenvalue weighted by atomic mass is 9.85. The number of carbonyl (C=O) groups excluding carboxylic acids is 3. The minimum absolute atomic E-state index is 0.0168. The summed E-state index contributed by atoms with van der Waals surface area (Å²) in [5, 5.41) is 0. The second-order valence-corrected chi connectivity index (χ2v) is 9.75. The summed E-state index contributed by atoms with van der Waals surface area (Å²) in [6.07, 6.45) is 0.824. The number of hydrogen-bond donors (Lipinski definition) is 0. The van der Waals surface area contributed by atoms with Crippen LogP contribution >= 0.6 is 0 Å². The summed E-state index contributed by atoms with van der Waals surface area (Å²) < 4.78 is 25.4. The van der Waals surface area contributed by atoms with E-state index in [0.717, 1.165) is 12.0 Å². The number of nitrogens with zero attached hydrogens (tertiary/aromatic N) is 1. The van der Waals surface area contributed by atoms with Crippen molar-refractivity contribution in [2.24, 2.45) is 0 Å². The number of hydrogen-bond acceptors (Lipinski definition) is 8. The first-order chi connectivity index (χ1) is 19.8. The second-order valence-electron chi connectivity index (χ2n) is 9.75. The predicted molar refractivity (Wildman–Crippen MR) is 152 cm³/mol. The first-order valence-electron chi connectivity index (χ1n) is 13.5. The van der Waals surface area contributed by atoms with Crippen molar-refractivity contribution in [1.29, 1.82) is 0 Å². The van der Waals surface area contributed by atoms with Crippen molar-refractivity contribution in [3.8, 4) is 23.0 Å². The molecular formula is C32H35NO8. The summed E-state index contributed by atoms with van der Waals surface area (Å²) in [4.78, 5) is 37.6. The molecule has 0 aromatic heterocycles. The van der Waals surface area contributed by atoms with Crippen molar-refractivity contribution in [2.45, 2.75) is 32.1 Å². The normalized spacial score (nSPS) is 15.1. The van der Waals surface area contributed by atoms with E-state index in [1.807, 2.05) is 29.2 Å². The van der Waals surface area contributed by atoms with Crippen LogP contribution < -0.4 is 18.9 Å². The highest BCUT2D eigenvalue weighted by atomic mass is 16.6. The Morgan fingerprint density at radius 2 is 1.46 bits per heavy atom. The Morgan fingerprint density at radius 1 is 0.878 bits per heavy atom. The quantitative estimate of drug-likeness (QED) is 0.280. The van der Waals surface area contributed by atoms with Gasteiger partial charge in [-0.1, -0.05) is 67.6 Å². The Balaban J connectivity index is 0.000000201. The van der Waals surface area contributed by atoms with Crippen molar-refractivity contribution >= 4 is 17.8 Å². The van der Waals surface area contributed by atoms with Gasteiger partial charge in [0.05, 0.1) is 33.4 Å². The standard InChI is InChI=1S/C21H25NO2.C11H10O6/c1-17(18-8-4-2-5-9-18)16-20(19-10-6-3-7-11-19)21(23)22-12-14-24-15-13-22;1-5(12)16-8-6-4-7(17-11(6)13)9(14-2)10(8)15-3/h2-11,17,20H,12-16H2,1H3;4H,1-3H3. The summed E-state index contributed by atoms with van der Waals surface area (Å²) in [7, 11) is 2.78. The van der Waals surface area contributed by atoms with Crippen LogP contribution in [-0.4, -0.2) is 63.3 Å². The van der Waals surface area contributed by atoms with Gasteiger partial charge in [-0.2, -0.15) is 0 Å². The van der Waals surface area contributed by atoms with Gasteiger partial charge in [-0.15, -0.1) is 0 Å². The summed E-state index contributed by atoms with van der Waals surface area (Å²) in [5.74, 6) is -0.0390. The van der Waals surface area contributed by atoms with E-state index in [0.29, 0.717) is 32.2 Å². The molecule has 5 rings (SSSR count). The van der Waals surface area contributed by atoms with Gasteiger partial charge in [-0.25, -0.2) is 4.79 Å². The molecule has 1 fully saturated rings. The van der Waals surface area contributed by atoms with Crippen LogP contribution in [0.15, 0.2) is 66.7 Å². The van der Waals surface area contributed by atoms with E-state index in [4.69, 9.17) is 23.7 Å². The smallest absolute Gasteiger partial charge is 0.347 e. The minimum Gasteiger partial charge on any atom is -0.490 e. The van der Waals surface area contributed by atoms with Gasteiger partial charge in [-0.05, 0) is 23.5 Å². The summed E-state index contributed by atoms with van der Waals surface area (Å²) in [6.45, 7) is 6.11. The first-order valence-corrected chi connectivity index (χ1v) is 13.5. The van der Waals surface area contributed by atoms with Gasteiger partial charge >= 0.3 is 11.9 Å². The molecule has 2 unspecified atom stereocenters. The van der Waals surface area contributed by atoms with Crippen LogP contribution in [0.3, 0.4) is 0 Å². The minimum atomic E-state index is -0.599. The van der Waals surface area contributed by atoms with Crippen LogP contribution in [0, 0.1) is 0 Å². The molecule has 0 saturated carbocycles. The Hall–Kier alpha value is -4.37. The molecule has 1 saturated heterocycles. The van der Waals surface area contributed by atoms with Crippen LogP contribution in [0.5, 0.6) is 23.0 Å². The second kappa shape index (κ2) is 13.8. The topological polar surface area (TPSA) is 101 Å². The average Bonchev–Trinajstić information content (AvgIpc) is 3.34. The Kier molecular flexibility index (Phi) is 9.97. The molecule has 9 heteroatoms. The molecular weight excluding hydrogens is 526 g/mol. The first kappa shape index (κ1) is 29.6. The largest absolute Gasteiger partial charge is 0.490 e. The number of methoxy groups -OCH3 is 2. The monoisotopic (exact) mass is 561 g/mol. The third-order valence-corrected chi connectivity index (χ3v) is 7.01. The zero-order chi connectivity index (χ0) is 29.4. The van der Waals surface area contributed by atoms with Gasteiger partial charge in [0.2, 0.25) is 17.4 Å². The number of morpholine rings is 1. The lowest BCUT2D eigenvalue weighted by Gasteiger charge is -2.31. The molecule has 0 N–H and O–H groups in total. The number of rotatable bonds is 8. The van der Waals surface area contributed by atoms with Crippen LogP contribution in [0.25, 0.3) is 0 Å². The van der Waals surface area contributed by atoms with Crippen LogP contribution in [-0.2, 0) is 14.3 Å². The Labute approximate surface area is 239 Å². The van der Waals surface area contributed by atoms with E-state index in [9.17, 15) is 14.4 Å². The van der Waals surface area contributed by atoms with E-state index in [1.54, 1.807) is 0 Å². The molecule has 3 aromatic rings. The maximum Gasteiger partial charge on any atom is 0.347 e. The summed E-state index contributed by atoms with van der Waals surface area (Å²) >= 11 is 0. The van der Waals surface area contributed by atoms with E-state index in [2.05, 4.69) is 43.3 Å². The van der Waals surface area contributed by atoms with Gasteiger partial charge in [0.15, 0.2) is 11.5 Å². The van der Waals surface area contributed by atoms with Crippen molar-refractivity contribution < 1.29 is 38.1 Å². The fourth-order valence-corrected chi connectivity index (χ4v) is 4.95. The SMILES string of the molecule is CC(CC(C(=O)N1CCOCC1)c1ccccc1)c1ccccc1.COc1c2cc(c(OC(C)=O)c1OC)C(=O)O2. The highest BCUT2D eigenvalue weighted by Gasteiger charge is 2.34. The van der Waals surface area contributed by atoms with E-state index in [1.165, 1.54) is 32.8 Å². The van der Waals surface area contributed by atoms with E-state index < -0.39 is 11.9 Å². The Morgan fingerprint density at radius 3 is 2.02 bits per heavy atom. The molecule has 2 atom stereocenters. The summed E-state index contributed by atoms with van der Waals surface area (Å²) in [5.41, 5.74) is 2.54. The summed E-state index contributed by atoms with van der Waals surface area (Å²) in [6, 6.07) is 22.1. The van der Waals surface area contributed by atoms with Gasteiger partial charge in [-0.3, -0.25) is 9.59 Å². The molecule has 2 aliphatic rings. The molecule has 0 aliphatic carbocycles. The van der Waals surface area contributed by atoms with Gasteiger partial charge < -0.3 is 28.6 Å². The molecule has 0 radical (unpaired) electrons. The van der Waals surface area contributed by atoms with Gasteiger partial charge in [0, 0.05) is 26.1 Å². The van der Waals surface area contributed by atoms with Crippen molar-refractivity contribution in [3.05, 3.63) is 83.4 Å². The number of carbonyl (C=O) groups is 3. The molecule has 216 valence electrons. The van der Waals surface area contributed by atoms with Gasteiger partial charge in [0.1, 0.15) is 5.56 Å². The number of amides is 1. The lowest BCUT2D eigenvalue weighted by molar-refractivity contribution is -0.137. The molecule has 2 heterocycles. The average molecular weight is 562 g/mol. The number of fused-ring (bicyclic) bond motifs is 2. The van der Waals surface area contributed by atoms with E-state index >= 15 is 0 Å². The predicted octanol–water partition coefficient (Wildman–Crippen LogP) is 4.98. The van der Waals surface area contributed by atoms with Crippen LogP contribution in [0.4, 0.5) is 0 Å². The molecule has 2 aliphatic heterocycles. The maximum atomic E-state index is 13.1. The highest BCUT2D eigenvalue weighted by Crippen LogP contribution is 2.50. The third-order valence-electron chi connectivity index (χ3n) is 7.01. The molecule has 41 heavy (non-hydrogen) atoms. The van der Waals surface area contributed by atoms with Crippen LogP contribution in [0.1, 0.15) is 53.6 Å². The van der Waals surface area contributed by atoms with Crippen molar-refractivity contribution in [2.75, 3.05) is 40.5 Å². The zero-order valence-corrected chi connectivity index (χ0v) is 23.8. The van der Waals surface area contributed by atoms with Gasteiger partial charge in [0.25, 0.3) is 0 Å². The van der Waals surface area contributed by atoms with E-state index in [-0.39, 0.29) is 40.4 Å². The van der Waals surface area contributed by atoms with Crippen LogP contribution in [0.2, 0.25) is 0 Å². The number of benzene rings is 3. The molecule has 1 amide bonds. The molecule has 2 bridgehead atoms. The number of esters is 2. The maximum absolute atomic E-state index is 13.1. The fraction of sp³-hybridized carbons (Fsp3) is 0.344.